The molecule has 3 aromatic rings. The quantitative estimate of drug-likeness (QED) is 0.658. The Hall–Kier alpha value is -2.77. The molecule has 2 atom stereocenters. The second-order valence-corrected chi connectivity index (χ2v) is 6.95. The van der Waals surface area contributed by atoms with Crippen molar-refractivity contribution in [3.8, 4) is 0 Å². The fraction of sp³-hybridized carbons (Fsp3) is 0.300. The van der Waals surface area contributed by atoms with Gasteiger partial charge in [-0.15, -0.1) is 0 Å². The van der Waals surface area contributed by atoms with Crippen molar-refractivity contribution in [3.63, 3.8) is 0 Å². The fourth-order valence-corrected chi connectivity index (χ4v) is 3.68. The summed E-state index contributed by atoms with van der Waals surface area (Å²) >= 11 is 0. The highest BCUT2D eigenvalue weighted by Gasteiger charge is 2.43. The summed E-state index contributed by atoms with van der Waals surface area (Å²) in [5.41, 5.74) is 0.735. The van der Waals surface area contributed by atoms with Crippen molar-refractivity contribution in [3.05, 3.63) is 71.4 Å². The first-order valence-electron chi connectivity index (χ1n) is 8.92. The summed E-state index contributed by atoms with van der Waals surface area (Å²) in [6.45, 7) is 2.80. The smallest absolute Gasteiger partial charge is 0.275 e. The number of imidazole rings is 1. The van der Waals surface area contributed by atoms with Crippen molar-refractivity contribution in [2.45, 2.75) is 25.0 Å². The summed E-state index contributed by atoms with van der Waals surface area (Å²) < 4.78 is 16.1. The maximum atomic E-state index is 14.8. The van der Waals surface area contributed by atoms with Gasteiger partial charge < -0.3 is 15.7 Å². The number of rotatable bonds is 3. The van der Waals surface area contributed by atoms with Gasteiger partial charge in [0.15, 0.2) is 5.69 Å². The average Bonchev–Trinajstić information content (AvgIpc) is 3.01. The number of carbonyl (C=O) groups excluding carboxylic acids is 1. The molecule has 3 N–H and O–H groups in total. The van der Waals surface area contributed by atoms with Gasteiger partial charge in [-0.2, -0.15) is 4.39 Å². The molecule has 2 aromatic heterocycles. The highest BCUT2D eigenvalue weighted by Crippen LogP contribution is 2.31. The molecule has 1 aromatic carbocycles. The van der Waals surface area contributed by atoms with E-state index in [2.05, 4.69) is 15.6 Å². The number of piperidine rings is 1. The zero-order valence-electron chi connectivity index (χ0n) is 14.9. The third-order valence-electron chi connectivity index (χ3n) is 5.15. The van der Waals surface area contributed by atoms with E-state index in [1.165, 1.54) is 4.40 Å². The summed E-state index contributed by atoms with van der Waals surface area (Å²) in [4.78, 5) is 17.1. The van der Waals surface area contributed by atoms with Crippen molar-refractivity contribution >= 4 is 11.6 Å². The number of benzene rings is 1. The molecule has 0 saturated carbocycles. The number of nitrogens with one attached hydrogen (secondary N) is 2. The first-order valence-corrected chi connectivity index (χ1v) is 8.92. The van der Waals surface area contributed by atoms with Gasteiger partial charge in [0.1, 0.15) is 5.65 Å². The highest BCUT2D eigenvalue weighted by atomic mass is 19.1. The monoisotopic (exact) mass is 368 g/mol. The van der Waals surface area contributed by atoms with Gasteiger partial charge >= 0.3 is 0 Å². The van der Waals surface area contributed by atoms with Gasteiger partial charge in [0, 0.05) is 12.7 Å². The number of aryl methyl sites for hydroxylation is 1. The number of β-amino-alcohol motifs (C(OH)–C–C–N with tert-alkyl or cyclic N) is 1. The van der Waals surface area contributed by atoms with Gasteiger partial charge in [-0.3, -0.25) is 9.20 Å². The molecule has 0 bridgehead atoms. The first-order chi connectivity index (χ1) is 13.0. The minimum atomic E-state index is -0.998. The zero-order valence-corrected chi connectivity index (χ0v) is 14.9. The lowest BCUT2D eigenvalue weighted by molar-refractivity contribution is 0.0286. The lowest BCUT2D eigenvalue weighted by Gasteiger charge is -2.42. The lowest BCUT2D eigenvalue weighted by atomic mass is 9.79. The molecule has 0 aliphatic carbocycles. The molecule has 1 amide bonds. The number of halogens is 1. The SMILES string of the molecule is Cc1ccc2nc(C(=O)N[C@@]3(c4ccccc4)CCNC[C@H]3O)c(F)n2c1. The number of aliphatic hydroxyl groups is 1. The Balaban J connectivity index is 1.74. The molecule has 1 fully saturated rings. The number of carbonyl (C=O) groups is 1. The number of hydrogen-bond acceptors (Lipinski definition) is 4. The number of aromatic nitrogens is 2. The summed E-state index contributed by atoms with van der Waals surface area (Å²) in [6.07, 6.45) is 1.23. The molecule has 4 rings (SSSR count). The van der Waals surface area contributed by atoms with E-state index >= 15 is 0 Å². The van der Waals surface area contributed by atoms with Gasteiger partial charge in [-0.1, -0.05) is 36.4 Å². The first kappa shape index (κ1) is 17.6. The van der Waals surface area contributed by atoms with E-state index in [4.69, 9.17) is 0 Å². The van der Waals surface area contributed by atoms with Crippen molar-refractivity contribution in [1.82, 2.24) is 20.0 Å². The highest BCUT2D eigenvalue weighted by molar-refractivity contribution is 5.94. The molecule has 27 heavy (non-hydrogen) atoms. The summed E-state index contributed by atoms with van der Waals surface area (Å²) in [7, 11) is 0. The predicted molar refractivity (Wildman–Crippen MR) is 99.0 cm³/mol. The molecule has 7 heteroatoms. The van der Waals surface area contributed by atoms with Crippen LogP contribution in [0.5, 0.6) is 0 Å². The van der Waals surface area contributed by atoms with E-state index in [1.54, 1.807) is 12.3 Å². The second-order valence-electron chi connectivity index (χ2n) is 6.95. The lowest BCUT2D eigenvalue weighted by Crippen LogP contribution is -2.61. The number of nitrogens with zero attached hydrogens (tertiary/aromatic N) is 2. The summed E-state index contributed by atoms with van der Waals surface area (Å²) in [6, 6.07) is 12.8. The van der Waals surface area contributed by atoms with Gasteiger partial charge in [-0.05, 0) is 37.1 Å². The van der Waals surface area contributed by atoms with Gasteiger partial charge in [-0.25, -0.2) is 4.98 Å². The molecule has 6 nitrogen and oxygen atoms in total. The number of amides is 1. The van der Waals surface area contributed by atoms with Crippen LogP contribution in [0.1, 0.15) is 28.0 Å². The molecule has 1 aliphatic rings. The third kappa shape index (κ3) is 2.98. The van der Waals surface area contributed by atoms with Gasteiger partial charge in [0.05, 0.1) is 11.6 Å². The number of pyridine rings is 1. The Morgan fingerprint density at radius 3 is 2.85 bits per heavy atom. The molecule has 140 valence electrons. The number of aliphatic hydroxyl groups excluding tert-OH is 1. The summed E-state index contributed by atoms with van der Waals surface area (Å²) in [5.74, 6) is -1.35. The topological polar surface area (TPSA) is 78.7 Å². The Morgan fingerprint density at radius 1 is 1.33 bits per heavy atom. The van der Waals surface area contributed by atoms with E-state index < -0.39 is 23.5 Å². The standard InChI is InChI=1S/C20H21FN4O2/c1-13-7-8-16-23-17(18(21)25(16)12-13)19(27)24-20(9-10-22-11-15(20)26)14-5-3-2-4-6-14/h2-8,12,15,22,26H,9-11H2,1H3,(H,24,27)/t15-,20-/m1/s1. The molecular formula is C20H21FN4O2. The van der Waals surface area contributed by atoms with E-state index in [9.17, 15) is 14.3 Å². The molecular weight excluding hydrogens is 347 g/mol. The average molecular weight is 368 g/mol. The minimum Gasteiger partial charge on any atom is -0.389 e. The predicted octanol–water partition coefficient (Wildman–Crippen LogP) is 1.76. The Bertz CT molecular complexity index is 988. The molecule has 1 saturated heterocycles. The maximum absolute atomic E-state index is 14.8. The maximum Gasteiger partial charge on any atom is 0.275 e. The van der Waals surface area contributed by atoms with E-state index in [1.807, 2.05) is 43.3 Å². The van der Waals surface area contributed by atoms with Crippen LogP contribution in [-0.2, 0) is 5.54 Å². The molecule has 0 spiro atoms. The molecule has 1 aliphatic heterocycles. The second kappa shape index (κ2) is 6.75. The van der Waals surface area contributed by atoms with Gasteiger partial charge in [0.25, 0.3) is 5.91 Å². The van der Waals surface area contributed by atoms with Crippen LogP contribution in [0.15, 0.2) is 48.7 Å². The van der Waals surface area contributed by atoms with Crippen LogP contribution in [0, 0.1) is 12.9 Å². The Kier molecular flexibility index (Phi) is 4.41. The van der Waals surface area contributed by atoms with Crippen LogP contribution in [0.2, 0.25) is 0 Å². The van der Waals surface area contributed by atoms with Gasteiger partial charge in [0.2, 0.25) is 5.95 Å². The molecule has 3 heterocycles. The van der Waals surface area contributed by atoms with Crippen LogP contribution in [0.25, 0.3) is 5.65 Å². The van der Waals surface area contributed by atoms with Crippen LogP contribution in [0.3, 0.4) is 0 Å². The third-order valence-corrected chi connectivity index (χ3v) is 5.15. The summed E-state index contributed by atoms with van der Waals surface area (Å²) in [5, 5.41) is 16.7. The van der Waals surface area contributed by atoms with E-state index in [0.717, 1.165) is 11.1 Å². The number of hydrogen-bond donors (Lipinski definition) is 3. The van der Waals surface area contributed by atoms with Crippen molar-refractivity contribution in [1.29, 1.82) is 0 Å². The molecule has 0 radical (unpaired) electrons. The minimum absolute atomic E-state index is 0.276. The van der Waals surface area contributed by atoms with Crippen molar-refractivity contribution < 1.29 is 14.3 Å². The fourth-order valence-electron chi connectivity index (χ4n) is 3.68. The molecule has 0 unspecified atom stereocenters. The van der Waals surface area contributed by atoms with Crippen LogP contribution < -0.4 is 10.6 Å². The van der Waals surface area contributed by atoms with Crippen LogP contribution in [-0.4, -0.2) is 39.6 Å². The number of fused-ring (bicyclic) bond motifs is 1. The van der Waals surface area contributed by atoms with Crippen molar-refractivity contribution in [2.24, 2.45) is 0 Å². The largest absolute Gasteiger partial charge is 0.389 e. The Morgan fingerprint density at radius 2 is 2.11 bits per heavy atom. The zero-order chi connectivity index (χ0) is 19.0. The van der Waals surface area contributed by atoms with Crippen LogP contribution in [0.4, 0.5) is 4.39 Å². The van der Waals surface area contributed by atoms with Crippen molar-refractivity contribution in [2.75, 3.05) is 13.1 Å². The van der Waals surface area contributed by atoms with Crippen LogP contribution >= 0.6 is 0 Å². The van der Waals surface area contributed by atoms with E-state index in [-0.39, 0.29) is 5.69 Å². The van der Waals surface area contributed by atoms with E-state index in [0.29, 0.717) is 25.2 Å². The Labute approximate surface area is 156 Å². The normalized spacial score (nSPS) is 22.7.